The summed E-state index contributed by atoms with van der Waals surface area (Å²) in [7, 11) is 1.72. The summed E-state index contributed by atoms with van der Waals surface area (Å²) in [5, 5.41) is 3.91. The molecule has 6 heteroatoms. The van der Waals surface area contributed by atoms with Crippen LogP contribution in [-0.2, 0) is 7.05 Å². The molecule has 0 aliphatic rings. The van der Waals surface area contributed by atoms with Crippen molar-refractivity contribution < 1.29 is 13.2 Å². The van der Waals surface area contributed by atoms with Gasteiger partial charge in [-0.25, -0.2) is 0 Å². The van der Waals surface area contributed by atoms with E-state index < -0.39 is 12.6 Å². The van der Waals surface area contributed by atoms with E-state index in [-0.39, 0.29) is 12.5 Å². The van der Waals surface area contributed by atoms with E-state index in [4.69, 9.17) is 5.73 Å². The topological polar surface area (TPSA) is 43.8 Å². The van der Waals surface area contributed by atoms with Crippen molar-refractivity contribution >= 4 is 0 Å². The molecule has 1 aromatic rings. The van der Waals surface area contributed by atoms with Crippen molar-refractivity contribution in [2.45, 2.75) is 31.5 Å². The highest BCUT2D eigenvalue weighted by Crippen LogP contribution is 2.24. The molecule has 0 amide bonds. The minimum Gasteiger partial charge on any atom is -0.323 e. The van der Waals surface area contributed by atoms with E-state index in [0.717, 1.165) is 5.69 Å². The van der Waals surface area contributed by atoms with Crippen LogP contribution in [0.4, 0.5) is 13.2 Å². The molecule has 0 bridgehead atoms. The fourth-order valence-electron chi connectivity index (χ4n) is 1.42. The first-order valence-electron chi connectivity index (χ1n) is 4.70. The van der Waals surface area contributed by atoms with Gasteiger partial charge in [0.1, 0.15) is 0 Å². The first kappa shape index (κ1) is 12.0. The number of nitrogens with zero attached hydrogens (tertiary/aromatic N) is 2. The van der Waals surface area contributed by atoms with Crippen molar-refractivity contribution in [3.05, 3.63) is 18.0 Å². The molecule has 0 saturated heterocycles. The van der Waals surface area contributed by atoms with E-state index in [0.29, 0.717) is 6.42 Å². The number of halogens is 3. The molecule has 0 aliphatic carbocycles. The van der Waals surface area contributed by atoms with Crippen LogP contribution in [0.1, 0.15) is 31.0 Å². The van der Waals surface area contributed by atoms with Crippen molar-refractivity contribution in [2.75, 3.05) is 0 Å². The predicted molar refractivity (Wildman–Crippen MR) is 50.0 cm³/mol. The van der Waals surface area contributed by atoms with Gasteiger partial charge in [0, 0.05) is 25.7 Å². The molecule has 0 aliphatic heterocycles. The maximum Gasteiger partial charge on any atom is 0.389 e. The van der Waals surface area contributed by atoms with Gasteiger partial charge in [0.2, 0.25) is 0 Å². The number of aromatic nitrogens is 2. The van der Waals surface area contributed by atoms with E-state index in [1.54, 1.807) is 24.0 Å². The standard InChI is InChI=1S/C9H14F3N3/c1-15-8(4-6-14-15)7(13)3-2-5-9(10,11)12/h4,6-7H,2-3,5,13H2,1H3. The minimum absolute atomic E-state index is 0.0514. The van der Waals surface area contributed by atoms with E-state index >= 15 is 0 Å². The van der Waals surface area contributed by atoms with E-state index in [9.17, 15) is 13.2 Å². The minimum atomic E-state index is -4.09. The molecule has 15 heavy (non-hydrogen) atoms. The molecule has 3 nitrogen and oxygen atoms in total. The van der Waals surface area contributed by atoms with Crippen LogP contribution in [0.15, 0.2) is 12.3 Å². The Morgan fingerprint density at radius 1 is 1.53 bits per heavy atom. The Morgan fingerprint density at radius 2 is 2.20 bits per heavy atom. The normalized spacial score (nSPS) is 14.2. The molecule has 0 saturated carbocycles. The Labute approximate surface area is 86.1 Å². The highest BCUT2D eigenvalue weighted by molar-refractivity contribution is 5.05. The maximum atomic E-state index is 11.9. The van der Waals surface area contributed by atoms with E-state index in [1.165, 1.54) is 0 Å². The molecule has 1 heterocycles. The quantitative estimate of drug-likeness (QED) is 0.846. The lowest BCUT2D eigenvalue weighted by Crippen LogP contribution is -2.16. The number of rotatable bonds is 4. The van der Waals surface area contributed by atoms with Crippen molar-refractivity contribution in [3.8, 4) is 0 Å². The Bertz CT molecular complexity index is 306. The number of alkyl halides is 3. The molecule has 1 unspecified atom stereocenters. The molecule has 1 rings (SSSR count). The Balaban J connectivity index is 2.37. The molecule has 1 atom stereocenters. The largest absolute Gasteiger partial charge is 0.389 e. The zero-order valence-corrected chi connectivity index (χ0v) is 8.46. The molecule has 1 aromatic heterocycles. The third kappa shape index (κ3) is 3.91. The van der Waals surface area contributed by atoms with Crippen molar-refractivity contribution in [2.24, 2.45) is 12.8 Å². The molecule has 0 aromatic carbocycles. The molecule has 86 valence electrons. The van der Waals surface area contributed by atoms with Crippen LogP contribution < -0.4 is 5.73 Å². The second-order valence-corrected chi connectivity index (χ2v) is 3.49. The number of hydrogen-bond donors (Lipinski definition) is 1. The van der Waals surface area contributed by atoms with Crippen LogP contribution in [0.5, 0.6) is 0 Å². The summed E-state index contributed by atoms with van der Waals surface area (Å²) in [5.74, 6) is 0. The van der Waals surface area contributed by atoms with Gasteiger partial charge in [0.05, 0.1) is 5.69 Å². The Kier molecular flexibility index (Phi) is 3.73. The van der Waals surface area contributed by atoms with Gasteiger partial charge in [0.25, 0.3) is 0 Å². The fraction of sp³-hybridized carbons (Fsp3) is 0.667. The van der Waals surface area contributed by atoms with Gasteiger partial charge in [-0.15, -0.1) is 0 Å². The van der Waals surface area contributed by atoms with Gasteiger partial charge in [-0.1, -0.05) is 0 Å². The average Bonchev–Trinajstić information content (AvgIpc) is 2.48. The summed E-state index contributed by atoms with van der Waals surface area (Å²) >= 11 is 0. The lowest BCUT2D eigenvalue weighted by atomic mass is 10.1. The molecule has 2 N–H and O–H groups in total. The van der Waals surface area contributed by atoms with Crippen LogP contribution >= 0.6 is 0 Å². The first-order valence-corrected chi connectivity index (χ1v) is 4.70. The second-order valence-electron chi connectivity index (χ2n) is 3.49. The second kappa shape index (κ2) is 4.65. The first-order chi connectivity index (χ1) is 6.90. The molecule has 0 fully saturated rings. The third-order valence-electron chi connectivity index (χ3n) is 2.21. The monoisotopic (exact) mass is 221 g/mol. The van der Waals surface area contributed by atoms with Crippen LogP contribution in [-0.4, -0.2) is 16.0 Å². The van der Waals surface area contributed by atoms with Gasteiger partial charge < -0.3 is 5.73 Å². The Hall–Kier alpha value is -1.04. The number of nitrogens with two attached hydrogens (primary N) is 1. The highest BCUT2D eigenvalue weighted by Gasteiger charge is 2.26. The van der Waals surface area contributed by atoms with Gasteiger partial charge in [-0.3, -0.25) is 4.68 Å². The van der Waals surface area contributed by atoms with Crippen molar-refractivity contribution in [1.29, 1.82) is 0 Å². The van der Waals surface area contributed by atoms with Gasteiger partial charge in [-0.2, -0.15) is 18.3 Å². The third-order valence-corrected chi connectivity index (χ3v) is 2.21. The van der Waals surface area contributed by atoms with Crippen LogP contribution in [0, 0.1) is 0 Å². The fourth-order valence-corrected chi connectivity index (χ4v) is 1.42. The van der Waals surface area contributed by atoms with Crippen LogP contribution in [0.2, 0.25) is 0 Å². The van der Waals surface area contributed by atoms with Gasteiger partial charge >= 0.3 is 6.18 Å². The van der Waals surface area contributed by atoms with Crippen LogP contribution in [0.3, 0.4) is 0 Å². The summed E-state index contributed by atoms with van der Waals surface area (Å²) in [5.41, 5.74) is 6.50. The molecular weight excluding hydrogens is 207 g/mol. The average molecular weight is 221 g/mol. The summed E-state index contributed by atoms with van der Waals surface area (Å²) in [6.45, 7) is 0. The maximum absolute atomic E-state index is 11.9. The van der Waals surface area contributed by atoms with E-state index in [1.807, 2.05) is 0 Å². The summed E-state index contributed by atoms with van der Waals surface area (Å²) < 4.78 is 37.2. The summed E-state index contributed by atoms with van der Waals surface area (Å²) in [4.78, 5) is 0. The molecule has 0 radical (unpaired) electrons. The predicted octanol–water partition coefficient (Wildman–Crippen LogP) is 2.15. The van der Waals surface area contributed by atoms with E-state index in [2.05, 4.69) is 5.10 Å². The zero-order valence-electron chi connectivity index (χ0n) is 8.46. The Morgan fingerprint density at radius 3 is 2.67 bits per heavy atom. The smallest absolute Gasteiger partial charge is 0.323 e. The molecular formula is C9H14F3N3. The molecule has 0 spiro atoms. The zero-order chi connectivity index (χ0) is 11.5. The van der Waals surface area contributed by atoms with Gasteiger partial charge in [-0.05, 0) is 18.9 Å². The number of aryl methyl sites for hydroxylation is 1. The highest BCUT2D eigenvalue weighted by atomic mass is 19.4. The van der Waals surface area contributed by atoms with Gasteiger partial charge in [0.15, 0.2) is 0 Å². The lowest BCUT2D eigenvalue weighted by Gasteiger charge is -2.12. The van der Waals surface area contributed by atoms with Crippen molar-refractivity contribution in [1.82, 2.24) is 9.78 Å². The van der Waals surface area contributed by atoms with Crippen molar-refractivity contribution in [3.63, 3.8) is 0 Å². The number of hydrogen-bond acceptors (Lipinski definition) is 2. The summed E-state index contributed by atoms with van der Waals surface area (Å²) in [6, 6.07) is 1.35. The SMILES string of the molecule is Cn1nccc1C(N)CCCC(F)(F)F. The lowest BCUT2D eigenvalue weighted by molar-refractivity contribution is -0.135. The summed E-state index contributed by atoms with van der Waals surface area (Å²) in [6.07, 6.45) is -2.92. The van der Waals surface area contributed by atoms with Crippen LogP contribution in [0.25, 0.3) is 0 Å².